The molecule has 0 fully saturated rings. The number of carbonyl (C=O) groups excluding carboxylic acids is 3. The van der Waals surface area contributed by atoms with Crippen LogP contribution in [0, 0.1) is 11.8 Å². The van der Waals surface area contributed by atoms with Gasteiger partial charge in [0.25, 0.3) is 0 Å². The molecule has 0 radical (unpaired) electrons. The first-order valence-electron chi connectivity index (χ1n) is 11.5. The molecule has 1 heterocycles. The number of methoxy groups -OCH3 is 2. The van der Waals surface area contributed by atoms with Gasteiger partial charge in [-0.05, 0) is 57.7 Å². The maximum Gasteiger partial charge on any atom is 0.337 e. The quantitative estimate of drug-likeness (QED) is 0.475. The molecule has 0 unspecified atom stereocenters. The number of nitrogens with one attached hydrogen (secondary N) is 1. The van der Waals surface area contributed by atoms with Gasteiger partial charge in [-0.1, -0.05) is 13.0 Å². The molecule has 0 amide bonds. The lowest BCUT2D eigenvalue weighted by Gasteiger charge is -2.38. The zero-order chi connectivity index (χ0) is 25.2. The molecule has 34 heavy (non-hydrogen) atoms. The standard InChI is InChI=1S/C26H33NO7/c1-8-33-18-10-9-16(12-19(18)31-6)22-21(26(30)34-13(2)3)15(5)27-17-11-14(4)20(25(29)32-7)24(28)23(17)22/h9-10,12-14,20,22,27H,8,11H2,1-7H3/t14-,20+,22+/m1/s1. The van der Waals surface area contributed by atoms with E-state index in [4.69, 9.17) is 18.9 Å². The molecule has 0 aromatic heterocycles. The second kappa shape index (κ2) is 10.3. The number of hydrogen-bond donors (Lipinski definition) is 1. The number of hydrogen-bond acceptors (Lipinski definition) is 8. The van der Waals surface area contributed by atoms with Crippen LogP contribution >= 0.6 is 0 Å². The lowest BCUT2D eigenvalue weighted by Crippen LogP contribution is -2.43. The monoisotopic (exact) mass is 471 g/mol. The summed E-state index contributed by atoms with van der Waals surface area (Å²) in [5, 5.41) is 3.25. The molecule has 1 aromatic rings. The average molecular weight is 472 g/mol. The zero-order valence-corrected chi connectivity index (χ0v) is 20.8. The van der Waals surface area contributed by atoms with Gasteiger partial charge in [0, 0.05) is 22.9 Å². The summed E-state index contributed by atoms with van der Waals surface area (Å²) >= 11 is 0. The normalized spacial score (nSPS) is 22.2. The van der Waals surface area contributed by atoms with Gasteiger partial charge in [-0.2, -0.15) is 0 Å². The van der Waals surface area contributed by atoms with Crippen LogP contribution < -0.4 is 14.8 Å². The first-order chi connectivity index (χ1) is 16.1. The molecular formula is C26H33NO7. The Morgan fingerprint density at radius 1 is 1.18 bits per heavy atom. The number of allylic oxidation sites excluding steroid dienone is 3. The van der Waals surface area contributed by atoms with Crippen molar-refractivity contribution in [2.24, 2.45) is 11.8 Å². The first kappa shape index (κ1) is 25.3. The SMILES string of the molecule is CCOc1ccc([C@H]2C(C(=O)OC(C)C)=C(C)NC3=C2C(=O)[C@@H](C(=O)OC)[C@H](C)C3)cc1OC. The topological polar surface area (TPSA) is 100 Å². The van der Waals surface area contributed by atoms with Crippen molar-refractivity contribution in [2.75, 3.05) is 20.8 Å². The number of ether oxygens (including phenoxy) is 4. The third kappa shape index (κ3) is 4.67. The van der Waals surface area contributed by atoms with E-state index in [0.29, 0.717) is 52.6 Å². The number of ketones is 1. The van der Waals surface area contributed by atoms with Crippen molar-refractivity contribution in [2.45, 2.75) is 53.1 Å². The number of benzene rings is 1. The lowest BCUT2D eigenvalue weighted by molar-refractivity contribution is -0.151. The number of esters is 2. The number of carbonyl (C=O) groups is 3. The zero-order valence-electron chi connectivity index (χ0n) is 20.8. The fourth-order valence-electron chi connectivity index (χ4n) is 4.70. The molecule has 0 bridgehead atoms. The highest BCUT2D eigenvalue weighted by Crippen LogP contribution is 2.46. The minimum absolute atomic E-state index is 0.251. The van der Waals surface area contributed by atoms with Gasteiger partial charge in [0.2, 0.25) is 0 Å². The minimum Gasteiger partial charge on any atom is -0.493 e. The van der Waals surface area contributed by atoms with Crippen molar-refractivity contribution in [3.8, 4) is 11.5 Å². The summed E-state index contributed by atoms with van der Waals surface area (Å²) in [6, 6.07) is 5.33. The summed E-state index contributed by atoms with van der Waals surface area (Å²) in [4.78, 5) is 39.5. The molecule has 1 aliphatic carbocycles. The van der Waals surface area contributed by atoms with Gasteiger partial charge in [0.05, 0.1) is 32.5 Å². The average Bonchev–Trinajstić information content (AvgIpc) is 2.77. The van der Waals surface area contributed by atoms with Crippen LogP contribution in [0.1, 0.15) is 52.5 Å². The number of dihydropyridines is 1. The van der Waals surface area contributed by atoms with Crippen molar-refractivity contribution in [3.05, 3.63) is 46.3 Å². The molecule has 0 saturated carbocycles. The van der Waals surface area contributed by atoms with Crippen LogP contribution in [0.25, 0.3) is 0 Å². The van der Waals surface area contributed by atoms with E-state index in [-0.39, 0.29) is 17.8 Å². The third-order valence-electron chi connectivity index (χ3n) is 6.13. The minimum atomic E-state index is -0.946. The van der Waals surface area contributed by atoms with Crippen LogP contribution in [0.15, 0.2) is 40.7 Å². The van der Waals surface area contributed by atoms with Crippen molar-refractivity contribution in [1.82, 2.24) is 5.32 Å². The lowest BCUT2D eigenvalue weighted by atomic mass is 9.69. The van der Waals surface area contributed by atoms with Gasteiger partial charge in [-0.25, -0.2) is 4.79 Å². The fourth-order valence-corrected chi connectivity index (χ4v) is 4.70. The molecule has 0 spiro atoms. The Hall–Kier alpha value is -3.29. The maximum atomic E-state index is 13.7. The van der Waals surface area contributed by atoms with Gasteiger partial charge in [0.1, 0.15) is 5.92 Å². The summed E-state index contributed by atoms with van der Waals surface area (Å²) < 4.78 is 21.6. The highest BCUT2D eigenvalue weighted by atomic mass is 16.5. The highest BCUT2D eigenvalue weighted by molar-refractivity contribution is 6.12. The Kier molecular flexibility index (Phi) is 7.69. The molecule has 8 heteroatoms. The largest absolute Gasteiger partial charge is 0.493 e. The third-order valence-corrected chi connectivity index (χ3v) is 6.13. The van der Waals surface area contributed by atoms with Gasteiger partial charge in [0.15, 0.2) is 17.3 Å². The Balaban J connectivity index is 2.22. The van der Waals surface area contributed by atoms with E-state index < -0.39 is 23.8 Å². The molecule has 2 aliphatic rings. The molecule has 1 N–H and O–H groups in total. The van der Waals surface area contributed by atoms with E-state index in [1.54, 1.807) is 32.9 Å². The second-order valence-corrected chi connectivity index (χ2v) is 8.83. The highest BCUT2D eigenvalue weighted by Gasteiger charge is 2.47. The summed E-state index contributed by atoms with van der Waals surface area (Å²) in [5.41, 5.74) is 2.68. The second-order valence-electron chi connectivity index (χ2n) is 8.83. The van der Waals surface area contributed by atoms with Gasteiger partial charge in [-0.3, -0.25) is 9.59 Å². The van der Waals surface area contributed by atoms with Crippen molar-refractivity contribution < 1.29 is 33.3 Å². The smallest absolute Gasteiger partial charge is 0.337 e. The molecule has 3 rings (SSSR count). The van der Waals surface area contributed by atoms with Crippen LogP contribution in [0.2, 0.25) is 0 Å². The van der Waals surface area contributed by atoms with E-state index >= 15 is 0 Å². The van der Waals surface area contributed by atoms with E-state index in [1.807, 2.05) is 19.9 Å². The molecule has 1 aliphatic heterocycles. The van der Waals surface area contributed by atoms with Crippen LogP contribution in [-0.2, 0) is 23.9 Å². The summed E-state index contributed by atoms with van der Waals surface area (Å²) in [6.07, 6.45) is 0.124. The van der Waals surface area contributed by atoms with Gasteiger partial charge < -0.3 is 24.3 Å². The van der Waals surface area contributed by atoms with Crippen molar-refractivity contribution in [3.63, 3.8) is 0 Å². The van der Waals surface area contributed by atoms with E-state index in [0.717, 1.165) is 0 Å². The molecule has 184 valence electrons. The Morgan fingerprint density at radius 3 is 2.47 bits per heavy atom. The first-order valence-corrected chi connectivity index (χ1v) is 11.5. The van der Waals surface area contributed by atoms with Crippen molar-refractivity contribution >= 4 is 17.7 Å². The molecular weight excluding hydrogens is 438 g/mol. The van der Waals surface area contributed by atoms with E-state index in [2.05, 4.69) is 5.32 Å². The van der Waals surface area contributed by atoms with E-state index in [9.17, 15) is 14.4 Å². The van der Waals surface area contributed by atoms with Crippen LogP contribution in [0.4, 0.5) is 0 Å². The Bertz CT molecular complexity index is 1050. The molecule has 1 aromatic carbocycles. The van der Waals surface area contributed by atoms with E-state index in [1.165, 1.54) is 14.2 Å². The predicted molar refractivity (Wildman–Crippen MR) is 125 cm³/mol. The molecule has 0 saturated heterocycles. The van der Waals surface area contributed by atoms with Gasteiger partial charge in [-0.15, -0.1) is 0 Å². The van der Waals surface area contributed by atoms with Gasteiger partial charge >= 0.3 is 11.9 Å². The van der Waals surface area contributed by atoms with Crippen LogP contribution in [-0.4, -0.2) is 44.7 Å². The summed E-state index contributed by atoms with van der Waals surface area (Å²) in [5.74, 6) is -2.35. The number of Topliss-reactive ketones (excluding diaryl/α,β-unsaturated/α-hetero) is 1. The predicted octanol–water partition coefficient (Wildman–Crippen LogP) is 3.66. The Labute approximate surface area is 200 Å². The van der Waals surface area contributed by atoms with Crippen LogP contribution in [0.3, 0.4) is 0 Å². The number of rotatable bonds is 7. The van der Waals surface area contributed by atoms with Crippen molar-refractivity contribution in [1.29, 1.82) is 0 Å². The summed E-state index contributed by atoms with van der Waals surface area (Å²) in [6.45, 7) is 9.51. The summed E-state index contributed by atoms with van der Waals surface area (Å²) in [7, 11) is 2.81. The molecule has 8 nitrogen and oxygen atoms in total. The maximum absolute atomic E-state index is 13.7. The fraction of sp³-hybridized carbons (Fsp3) is 0.500. The Morgan fingerprint density at radius 2 is 1.88 bits per heavy atom. The molecule has 3 atom stereocenters. The van der Waals surface area contributed by atoms with Crippen LogP contribution in [0.5, 0.6) is 11.5 Å².